The van der Waals surface area contributed by atoms with Crippen molar-refractivity contribution in [2.24, 2.45) is 0 Å². The Balaban J connectivity index is 2.79. The minimum absolute atomic E-state index is 0.0891. The molecule has 0 aliphatic carbocycles. The number of hydrogen-bond donors (Lipinski definition) is 1. The van der Waals surface area contributed by atoms with Gasteiger partial charge in [0.1, 0.15) is 0 Å². The molecule has 0 spiro atoms. The molecule has 0 aromatic heterocycles. The van der Waals surface area contributed by atoms with Crippen molar-refractivity contribution in [1.29, 1.82) is 0 Å². The molecule has 0 radical (unpaired) electrons. The first-order valence-corrected chi connectivity index (χ1v) is 5.40. The number of methoxy groups -OCH3 is 1. The highest BCUT2D eigenvalue weighted by atomic mass is 16.7. The Kier molecular flexibility index (Phi) is 3.56. The summed E-state index contributed by atoms with van der Waals surface area (Å²) in [7, 11) is 1.71. The maximum Gasteiger partial charge on any atom is 0.183 e. The SMILES string of the molecule is CO[C@]1(C)OCCC[C@]1(C)NC(C)C. The summed E-state index contributed by atoms with van der Waals surface area (Å²) in [6.45, 7) is 9.28. The van der Waals surface area contributed by atoms with E-state index < -0.39 is 5.79 Å². The fourth-order valence-electron chi connectivity index (χ4n) is 2.20. The summed E-state index contributed by atoms with van der Waals surface area (Å²) in [6.07, 6.45) is 2.19. The van der Waals surface area contributed by atoms with E-state index in [1.54, 1.807) is 7.11 Å². The molecular formula is C11H23NO2. The van der Waals surface area contributed by atoms with Gasteiger partial charge in [-0.2, -0.15) is 0 Å². The van der Waals surface area contributed by atoms with Crippen LogP contribution in [0.15, 0.2) is 0 Å². The van der Waals surface area contributed by atoms with Gasteiger partial charge >= 0.3 is 0 Å². The average Bonchev–Trinajstić information content (AvgIpc) is 2.09. The van der Waals surface area contributed by atoms with Crippen LogP contribution in [0.25, 0.3) is 0 Å². The highest BCUT2D eigenvalue weighted by molar-refractivity contribution is 4.98. The summed E-state index contributed by atoms with van der Waals surface area (Å²) in [6, 6.07) is 0.441. The summed E-state index contributed by atoms with van der Waals surface area (Å²) in [5, 5.41) is 3.55. The van der Waals surface area contributed by atoms with Crippen LogP contribution >= 0.6 is 0 Å². The predicted octanol–water partition coefficient (Wildman–Crippen LogP) is 1.92. The van der Waals surface area contributed by atoms with E-state index in [1.807, 2.05) is 6.92 Å². The third-order valence-electron chi connectivity index (χ3n) is 3.20. The van der Waals surface area contributed by atoms with Crippen LogP contribution in [0.2, 0.25) is 0 Å². The highest BCUT2D eigenvalue weighted by Gasteiger charge is 2.48. The van der Waals surface area contributed by atoms with Crippen LogP contribution in [-0.4, -0.2) is 31.1 Å². The molecule has 1 fully saturated rings. The van der Waals surface area contributed by atoms with Gasteiger partial charge in [-0.25, -0.2) is 0 Å². The van der Waals surface area contributed by atoms with Gasteiger partial charge in [-0.15, -0.1) is 0 Å². The first kappa shape index (κ1) is 12.0. The number of rotatable bonds is 3. The summed E-state index contributed by atoms with van der Waals surface area (Å²) >= 11 is 0. The lowest BCUT2D eigenvalue weighted by atomic mass is 9.84. The zero-order valence-electron chi connectivity index (χ0n) is 10.0. The number of nitrogens with one attached hydrogen (secondary N) is 1. The zero-order valence-corrected chi connectivity index (χ0v) is 10.0. The Morgan fingerprint density at radius 1 is 1.36 bits per heavy atom. The van der Waals surface area contributed by atoms with Crippen molar-refractivity contribution in [3.63, 3.8) is 0 Å². The van der Waals surface area contributed by atoms with E-state index in [-0.39, 0.29) is 5.54 Å². The average molecular weight is 201 g/mol. The Morgan fingerprint density at radius 3 is 2.50 bits per heavy atom. The quantitative estimate of drug-likeness (QED) is 0.756. The third-order valence-corrected chi connectivity index (χ3v) is 3.20. The van der Waals surface area contributed by atoms with Gasteiger partial charge in [-0.05, 0) is 26.7 Å². The lowest BCUT2D eigenvalue weighted by Crippen LogP contribution is -2.65. The fraction of sp³-hybridized carbons (Fsp3) is 1.00. The smallest absolute Gasteiger partial charge is 0.183 e. The van der Waals surface area contributed by atoms with E-state index in [9.17, 15) is 0 Å². The topological polar surface area (TPSA) is 30.5 Å². The number of hydrogen-bond acceptors (Lipinski definition) is 3. The first-order chi connectivity index (χ1) is 6.43. The van der Waals surface area contributed by atoms with E-state index in [1.165, 1.54) is 0 Å². The van der Waals surface area contributed by atoms with Gasteiger partial charge in [0.2, 0.25) is 0 Å². The predicted molar refractivity (Wildman–Crippen MR) is 57.3 cm³/mol. The lowest BCUT2D eigenvalue weighted by molar-refractivity contribution is -0.273. The Labute approximate surface area is 87.2 Å². The molecule has 14 heavy (non-hydrogen) atoms. The largest absolute Gasteiger partial charge is 0.352 e. The van der Waals surface area contributed by atoms with Crippen LogP contribution in [0, 0.1) is 0 Å². The molecule has 1 heterocycles. The van der Waals surface area contributed by atoms with E-state index in [0.717, 1.165) is 19.4 Å². The molecule has 0 amide bonds. The minimum atomic E-state index is -0.504. The van der Waals surface area contributed by atoms with Gasteiger partial charge < -0.3 is 14.8 Å². The molecule has 1 saturated heterocycles. The van der Waals surface area contributed by atoms with Crippen molar-refractivity contribution >= 4 is 0 Å². The van der Waals surface area contributed by atoms with Crippen molar-refractivity contribution in [2.75, 3.05) is 13.7 Å². The molecule has 1 aliphatic rings. The van der Waals surface area contributed by atoms with Gasteiger partial charge in [-0.3, -0.25) is 0 Å². The molecule has 3 heteroatoms. The van der Waals surface area contributed by atoms with Crippen LogP contribution in [-0.2, 0) is 9.47 Å². The molecule has 0 aromatic rings. The van der Waals surface area contributed by atoms with Crippen molar-refractivity contribution in [1.82, 2.24) is 5.32 Å². The fourth-order valence-corrected chi connectivity index (χ4v) is 2.20. The Bertz CT molecular complexity index is 196. The number of ether oxygens (including phenoxy) is 2. The Hall–Kier alpha value is -0.120. The van der Waals surface area contributed by atoms with E-state index >= 15 is 0 Å². The van der Waals surface area contributed by atoms with Crippen LogP contribution in [0.1, 0.15) is 40.5 Å². The molecule has 0 saturated carbocycles. The minimum Gasteiger partial charge on any atom is -0.352 e. The summed E-state index contributed by atoms with van der Waals surface area (Å²) in [5.74, 6) is -0.504. The molecule has 1 aliphatic heterocycles. The second-order valence-corrected chi connectivity index (χ2v) is 4.73. The van der Waals surface area contributed by atoms with Crippen LogP contribution < -0.4 is 5.32 Å². The van der Waals surface area contributed by atoms with Crippen molar-refractivity contribution in [3.05, 3.63) is 0 Å². The van der Waals surface area contributed by atoms with Gasteiger partial charge in [0, 0.05) is 13.2 Å². The molecular weight excluding hydrogens is 178 g/mol. The molecule has 84 valence electrons. The Morgan fingerprint density at radius 2 is 2.00 bits per heavy atom. The van der Waals surface area contributed by atoms with E-state index in [0.29, 0.717) is 6.04 Å². The molecule has 3 nitrogen and oxygen atoms in total. The van der Waals surface area contributed by atoms with Gasteiger partial charge in [-0.1, -0.05) is 13.8 Å². The molecule has 1 N–H and O–H groups in total. The maximum absolute atomic E-state index is 5.75. The summed E-state index contributed by atoms with van der Waals surface area (Å²) in [5.41, 5.74) is -0.0891. The normalized spacial score (nSPS) is 39.0. The maximum atomic E-state index is 5.75. The van der Waals surface area contributed by atoms with Crippen molar-refractivity contribution < 1.29 is 9.47 Å². The molecule has 2 atom stereocenters. The zero-order chi connectivity index (χ0) is 10.8. The van der Waals surface area contributed by atoms with Crippen molar-refractivity contribution in [2.45, 2.75) is 57.9 Å². The first-order valence-electron chi connectivity index (χ1n) is 5.40. The summed E-state index contributed by atoms with van der Waals surface area (Å²) in [4.78, 5) is 0. The van der Waals surface area contributed by atoms with Crippen LogP contribution in [0.3, 0.4) is 0 Å². The van der Waals surface area contributed by atoms with Gasteiger partial charge in [0.05, 0.1) is 12.1 Å². The lowest BCUT2D eigenvalue weighted by Gasteiger charge is -2.49. The van der Waals surface area contributed by atoms with Crippen LogP contribution in [0.5, 0.6) is 0 Å². The molecule has 1 rings (SSSR count). The van der Waals surface area contributed by atoms with Crippen LogP contribution in [0.4, 0.5) is 0 Å². The van der Waals surface area contributed by atoms with Gasteiger partial charge in [0.15, 0.2) is 5.79 Å². The monoisotopic (exact) mass is 201 g/mol. The van der Waals surface area contributed by atoms with E-state index in [4.69, 9.17) is 9.47 Å². The third kappa shape index (κ3) is 2.10. The highest BCUT2D eigenvalue weighted by Crippen LogP contribution is 2.35. The molecule has 0 aromatic carbocycles. The van der Waals surface area contributed by atoms with E-state index in [2.05, 4.69) is 26.1 Å². The van der Waals surface area contributed by atoms with Crippen molar-refractivity contribution in [3.8, 4) is 0 Å². The second kappa shape index (κ2) is 4.17. The standard InChI is InChI=1S/C11H23NO2/c1-9(2)12-10(3)7-6-8-14-11(10,4)13-5/h9,12H,6-8H2,1-5H3/t10-,11+/m0/s1. The summed E-state index contributed by atoms with van der Waals surface area (Å²) < 4.78 is 11.3. The molecule has 0 unspecified atom stereocenters. The molecule has 0 bridgehead atoms. The second-order valence-electron chi connectivity index (χ2n) is 4.73. The van der Waals surface area contributed by atoms with Gasteiger partial charge in [0.25, 0.3) is 0 Å².